The Labute approximate surface area is 110 Å². The minimum atomic E-state index is 0.349. The van der Waals surface area contributed by atoms with Crippen molar-refractivity contribution in [3.8, 4) is 0 Å². The first-order valence-electron chi connectivity index (χ1n) is 7.62. The highest BCUT2D eigenvalue weighted by atomic mass is 16.5. The average Bonchev–Trinajstić information content (AvgIpc) is 2.71. The molecule has 0 saturated carbocycles. The predicted octanol–water partition coefficient (Wildman–Crippen LogP) is 0.520. The highest BCUT2D eigenvalue weighted by Crippen LogP contribution is 2.23. The number of nitrogens with two attached hydrogens (primary N) is 1. The molecule has 2 N–H and O–H groups in total. The first kappa shape index (κ1) is 12.9. The summed E-state index contributed by atoms with van der Waals surface area (Å²) in [6, 6.07) is 1.16. The van der Waals surface area contributed by atoms with E-state index < -0.39 is 0 Å². The van der Waals surface area contributed by atoms with Crippen molar-refractivity contribution in [1.82, 2.24) is 9.80 Å². The van der Waals surface area contributed by atoms with E-state index in [1.165, 1.54) is 45.4 Å². The molecule has 0 bridgehead atoms. The fraction of sp³-hybridized carbons (Fsp3) is 1.00. The second kappa shape index (κ2) is 5.87. The summed E-state index contributed by atoms with van der Waals surface area (Å²) in [6.07, 6.45) is 5.14. The van der Waals surface area contributed by atoms with Crippen LogP contribution in [-0.2, 0) is 4.74 Å². The summed E-state index contributed by atoms with van der Waals surface area (Å²) >= 11 is 0. The van der Waals surface area contributed by atoms with Gasteiger partial charge in [-0.2, -0.15) is 0 Å². The molecule has 3 atom stereocenters. The molecule has 3 unspecified atom stereocenters. The number of rotatable bonds is 2. The van der Waals surface area contributed by atoms with Gasteiger partial charge in [-0.3, -0.25) is 4.90 Å². The van der Waals surface area contributed by atoms with Gasteiger partial charge in [-0.05, 0) is 45.3 Å². The van der Waals surface area contributed by atoms with E-state index in [1.807, 2.05) is 0 Å². The van der Waals surface area contributed by atoms with E-state index in [-0.39, 0.29) is 0 Å². The van der Waals surface area contributed by atoms with Gasteiger partial charge in [0.15, 0.2) is 0 Å². The van der Waals surface area contributed by atoms with Crippen LogP contribution in [0.3, 0.4) is 0 Å². The SMILES string of the molecule is NC1CCOCC1CN1CCCN2CCCC2C1. The second-order valence-electron chi connectivity index (χ2n) is 6.23. The molecule has 4 heteroatoms. The van der Waals surface area contributed by atoms with Gasteiger partial charge in [-0.1, -0.05) is 0 Å². The minimum absolute atomic E-state index is 0.349. The smallest absolute Gasteiger partial charge is 0.0521 e. The van der Waals surface area contributed by atoms with E-state index in [0.717, 1.165) is 32.2 Å². The number of hydrogen-bond donors (Lipinski definition) is 1. The molecule has 3 aliphatic rings. The van der Waals surface area contributed by atoms with Crippen LogP contribution in [0.2, 0.25) is 0 Å². The van der Waals surface area contributed by atoms with Gasteiger partial charge in [0.05, 0.1) is 6.61 Å². The largest absolute Gasteiger partial charge is 0.381 e. The second-order valence-corrected chi connectivity index (χ2v) is 6.23. The molecule has 3 rings (SSSR count). The molecule has 3 saturated heterocycles. The first-order chi connectivity index (χ1) is 8.83. The maximum absolute atomic E-state index is 6.22. The van der Waals surface area contributed by atoms with Crippen molar-refractivity contribution in [3.05, 3.63) is 0 Å². The van der Waals surface area contributed by atoms with Crippen LogP contribution < -0.4 is 5.73 Å². The number of nitrogens with zero attached hydrogens (tertiary/aromatic N) is 2. The van der Waals surface area contributed by atoms with Crippen molar-refractivity contribution in [2.75, 3.05) is 45.9 Å². The Hall–Kier alpha value is -0.160. The molecule has 18 heavy (non-hydrogen) atoms. The van der Waals surface area contributed by atoms with Gasteiger partial charge in [0.1, 0.15) is 0 Å². The Morgan fingerprint density at radius 1 is 1.11 bits per heavy atom. The molecule has 0 radical (unpaired) electrons. The molecule has 3 heterocycles. The van der Waals surface area contributed by atoms with Gasteiger partial charge in [0, 0.05) is 37.7 Å². The van der Waals surface area contributed by atoms with Crippen LogP contribution >= 0.6 is 0 Å². The highest BCUT2D eigenvalue weighted by Gasteiger charge is 2.31. The predicted molar refractivity (Wildman–Crippen MR) is 72.6 cm³/mol. The molecule has 0 spiro atoms. The van der Waals surface area contributed by atoms with Crippen molar-refractivity contribution >= 4 is 0 Å². The van der Waals surface area contributed by atoms with E-state index in [1.54, 1.807) is 0 Å². The normalized spacial score (nSPS) is 39.5. The molecule has 0 aliphatic carbocycles. The number of fused-ring (bicyclic) bond motifs is 1. The summed E-state index contributed by atoms with van der Waals surface area (Å²) in [6.45, 7) is 7.99. The zero-order valence-corrected chi connectivity index (χ0v) is 11.4. The van der Waals surface area contributed by atoms with Crippen molar-refractivity contribution < 1.29 is 4.74 Å². The molecule has 3 aliphatic heterocycles. The van der Waals surface area contributed by atoms with Crippen LogP contribution in [0.1, 0.15) is 25.7 Å². The van der Waals surface area contributed by atoms with Gasteiger partial charge in [0.25, 0.3) is 0 Å². The Balaban J connectivity index is 1.55. The van der Waals surface area contributed by atoms with Crippen LogP contribution in [0.5, 0.6) is 0 Å². The molecule has 4 nitrogen and oxygen atoms in total. The third kappa shape index (κ3) is 2.87. The number of hydrogen-bond acceptors (Lipinski definition) is 4. The number of ether oxygens (including phenoxy) is 1. The standard InChI is InChI=1S/C14H27N3O/c15-14-4-8-18-11-12(14)9-16-5-2-7-17-6-1-3-13(17)10-16/h12-14H,1-11,15H2. The molecule has 104 valence electrons. The third-order valence-corrected chi connectivity index (χ3v) is 4.91. The quantitative estimate of drug-likeness (QED) is 0.779. The van der Waals surface area contributed by atoms with Gasteiger partial charge < -0.3 is 15.4 Å². The van der Waals surface area contributed by atoms with Crippen molar-refractivity contribution in [2.24, 2.45) is 11.7 Å². The Morgan fingerprint density at radius 2 is 2.00 bits per heavy atom. The molecule has 0 aromatic rings. The topological polar surface area (TPSA) is 41.7 Å². The van der Waals surface area contributed by atoms with Gasteiger partial charge in [-0.25, -0.2) is 0 Å². The maximum Gasteiger partial charge on any atom is 0.0521 e. The summed E-state index contributed by atoms with van der Waals surface area (Å²) in [5.74, 6) is 0.548. The monoisotopic (exact) mass is 253 g/mol. The van der Waals surface area contributed by atoms with E-state index in [2.05, 4.69) is 9.80 Å². The van der Waals surface area contributed by atoms with Gasteiger partial charge in [0.2, 0.25) is 0 Å². The Bertz CT molecular complexity index is 274. The lowest BCUT2D eigenvalue weighted by atomic mass is 9.96. The maximum atomic E-state index is 6.22. The lowest BCUT2D eigenvalue weighted by Gasteiger charge is -2.34. The summed E-state index contributed by atoms with van der Waals surface area (Å²) in [5, 5.41) is 0. The molecule has 3 fully saturated rings. The minimum Gasteiger partial charge on any atom is -0.381 e. The van der Waals surface area contributed by atoms with Crippen LogP contribution in [0.25, 0.3) is 0 Å². The van der Waals surface area contributed by atoms with E-state index >= 15 is 0 Å². The summed E-state index contributed by atoms with van der Waals surface area (Å²) in [5.41, 5.74) is 6.22. The van der Waals surface area contributed by atoms with Crippen LogP contribution in [0.4, 0.5) is 0 Å². The third-order valence-electron chi connectivity index (χ3n) is 4.91. The lowest BCUT2D eigenvalue weighted by molar-refractivity contribution is 0.0252. The van der Waals surface area contributed by atoms with Crippen molar-refractivity contribution in [1.29, 1.82) is 0 Å². The van der Waals surface area contributed by atoms with E-state index in [9.17, 15) is 0 Å². The van der Waals surface area contributed by atoms with E-state index in [4.69, 9.17) is 10.5 Å². The molecule has 0 aromatic carbocycles. The van der Waals surface area contributed by atoms with E-state index in [0.29, 0.717) is 12.0 Å². The molecule has 0 amide bonds. The highest BCUT2D eigenvalue weighted by molar-refractivity contribution is 4.87. The van der Waals surface area contributed by atoms with Crippen molar-refractivity contribution in [2.45, 2.75) is 37.8 Å². The first-order valence-corrected chi connectivity index (χ1v) is 7.62. The fourth-order valence-corrected chi connectivity index (χ4v) is 3.78. The zero-order valence-electron chi connectivity index (χ0n) is 11.4. The summed E-state index contributed by atoms with van der Waals surface area (Å²) < 4.78 is 5.59. The van der Waals surface area contributed by atoms with Gasteiger partial charge in [-0.15, -0.1) is 0 Å². The Morgan fingerprint density at radius 3 is 2.89 bits per heavy atom. The zero-order chi connectivity index (χ0) is 12.4. The van der Waals surface area contributed by atoms with Crippen molar-refractivity contribution in [3.63, 3.8) is 0 Å². The van der Waals surface area contributed by atoms with Crippen LogP contribution in [0.15, 0.2) is 0 Å². The van der Waals surface area contributed by atoms with Crippen LogP contribution in [-0.4, -0.2) is 67.8 Å². The average molecular weight is 253 g/mol. The Kier molecular flexibility index (Phi) is 4.19. The molecule has 0 aromatic heterocycles. The van der Waals surface area contributed by atoms with Crippen LogP contribution in [0, 0.1) is 5.92 Å². The molecular formula is C14H27N3O. The summed E-state index contributed by atoms with van der Waals surface area (Å²) in [4.78, 5) is 5.34. The lowest BCUT2D eigenvalue weighted by Crippen LogP contribution is -2.47. The molecular weight excluding hydrogens is 226 g/mol. The van der Waals surface area contributed by atoms with Gasteiger partial charge >= 0.3 is 0 Å². The fourth-order valence-electron chi connectivity index (χ4n) is 3.78. The summed E-state index contributed by atoms with van der Waals surface area (Å²) in [7, 11) is 0.